The van der Waals surface area contributed by atoms with Crippen LogP contribution in [0.15, 0.2) is 12.1 Å². The van der Waals surface area contributed by atoms with Crippen molar-refractivity contribution in [1.82, 2.24) is 4.98 Å². The number of carbonyl (C=O) groups excluding carboxylic acids is 2. The van der Waals surface area contributed by atoms with Gasteiger partial charge in [-0.15, -0.1) is 0 Å². The first-order chi connectivity index (χ1) is 12.5. The highest BCUT2D eigenvalue weighted by Crippen LogP contribution is 2.34. The Labute approximate surface area is 165 Å². The average molecular weight is 443 g/mol. The normalized spacial score (nSPS) is 11.8. The molecule has 0 saturated heterocycles. The highest BCUT2D eigenvalue weighted by molar-refractivity contribution is 6.46. The Morgan fingerprint density at radius 2 is 1.78 bits per heavy atom. The third-order valence-electron chi connectivity index (χ3n) is 3.21. The molecule has 1 aromatic carbocycles. The van der Waals surface area contributed by atoms with Crippen LogP contribution in [0.5, 0.6) is 0 Å². The van der Waals surface area contributed by atoms with Gasteiger partial charge in [-0.05, 0) is 19.1 Å². The number of nitrogens with zero attached hydrogens (tertiary/aromatic N) is 1. The van der Waals surface area contributed by atoms with E-state index < -0.39 is 46.8 Å². The van der Waals surface area contributed by atoms with E-state index in [-0.39, 0.29) is 20.9 Å². The van der Waals surface area contributed by atoms with E-state index in [0.29, 0.717) is 6.07 Å². The number of rotatable bonds is 4. The van der Waals surface area contributed by atoms with Crippen molar-refractivity contribution in [3.63, 3.8) is 0 Å². The molecule has 0 spiro atoms. The van der Waals surface area contributed by atoms with E-state index in [2.05, 4.69) is 4.98 Å². The fourth-order valence-electron chi connectivity index (χ4n) is 1.79. The van der Waals surface area contributed by atoms with Crippen molar-refractivity contribution in [1.29, 1.82) is 0 Å². The third kappa shape index (κ3) is 4.37. The molecule has 1 aromatic heterocycles. The monoisotopic (exact) mass is 441 g/mol. The van der Waals surface area contributed by atoms with Gasteiger partial charge in [0, 0.05) is 0 Å². The van der Waals surface area contributed by atoms with Gasteiger partial charge in [0.1, 0.15) is 5.02 Å². The first-order valence-electron chi connectivity index (χ1n) is 6.99. The van der Waals surface area contributed by atoms with Crippen LogP contribution in [0.2, 0.25) is 15.2 Å². The number of nitrogen functional groups attached to an aromatic ring is 1. The van der Waals surface area contributed by atoms with E-state index in [0.717, 1.165) is 13.0 Å². The maximum atomic E-state index is 13.6. The van der Waals surface area contributed by atoms with Crippen molar-refractivity contribution in [3.05, 3.63) is 50.5 Å². The third-order valence-corrected chi connectivity index (χ3v) is 4.35. The maximum absolute atomic E-state index is 13.6. The van der Waals surface area contributed by atoms with Gasteiger partial charge in [-0.1, -0.05) is 34.8 Å². The summed E-state index contributed by atoms with van der Waals surface area (Å²) in [6.45, 7) is 1.14. The molecule has 2 aromatic rings. The number of carbonyl (C=O) groups is 2. The van der Waals surface area contributed by atoms with Crippen molar-refractivity contribution in [3.8, 4) is 0 Å². The Kier molecular flexibility index (Phi) is 6.40. The van der Waals surface area contributed by atoms with E-state index in [1.807, 2.05) is 5.32 Å². The summed E-state index contributed by atoms with van der Waals surface area (Å²) in [6.07, 6.45) is -1.49. The SMILES string of the molecule is CC(OC(=O)c1nc(Cl)c(Cl)c(N)c1Cl)C(=O)Nc1ccc(F)c(F)c1F. The molecule has 144 valence electrons. The van der Waals surface area contributed by atoms with Crippen LogP contribution in [0.3, 0.4) is 0 Å². The van der Waals surface area contributed by atoms with Gasteiger partial charge < -0.3 is 15.8 Å². The molecule has 27 heavy (non-hydrogen) atoms. The van der Waals surface area contributed by atoms with Crippen LogP contribution in [0.4, 0.5) is 24.5 Å². The first-order valence-corrected chi connectivity index (χ1v) is 8.13. The number of esters is 1. The Morgan fingerprint density at radius 1 is 1.15 bits per heavy atom. The molecule has 1 heterocycles. The summed E-state index contributed by atoms with van der Waals surface area (Å²) in [5, 5.41) is 1.14. The Hall–Kier alpha value is -2.23. The summed E-state index contributed by atoms with van der Waals surface area (Å²) in [6, 6.07) is 1.42. The van der Waals surface area contributed by atoms with Gasteiger partial charge >= 0.3 is 5.97 Å². The van der Waals surface area contributed by atoms with E-state index in [1.165, 1.54) is 0 Å². The van der Waals surface area contributed by atoms with Crippen LogP contribution < -0.4 is 11.1 Å². The minimum atomic E-state index is -1.76. The number of halogens is 6. The number of nitrogens with one attached hydrogen (secondary N) is 1. The van der Waals surface area contributed by atoms with Crippen LogP contribution in [-0.4, -0.2) is 23.0 Å². The maximum Gasteiger partial charge on any atom is 0.359 e. The number of hydrogen-bond donors (Lipinski definition) is 2. The van der Waals surface area contributed by atoms with Gasteiger partial charge in [0.25, 0.3) is 5.91 Å². The van der Waals surface area contributed by atoms with Gasteiger partial charge in [-0.2, -0.15) is 0 Å². The zero-order chi connectivity index (χ0) is 20.5. The molecule has 3 N–H and O–H groups in total. The van der Waals surface area contributed by atoms with Crippen molar-refractivity contribution < 1.29 is 27.5 Å². The second-order valence-electron chi connectivity index (χ2n) is 5.05. The topological polar surface area (TPSA) is 94.3 Å². The molecule has 0 aliphatic heterocycles. The predicted molar refractivity (Wildman–Crippen MR) is 93.5 cm³/mol. The second-order valence-corrected chi connectivity index (χ2v) is 6.17. The molecular formula is C15H9Cl3F3N3O3. The van der Waals surface area contributed by atoms with E-state index >= 15 is 0 Å². The molecule has 1 unspecified atom stereocenters. The fraction of sp³-hybridized carbons (Fsp3) is 0.133. The summed E-state index contributed by atoms with van der Waals surface area (Å²) < 4.78 is 44.5. The number of nitrogens with two attached hydrogens (primary N) is 1. The summed E-state index contributed by atoms with van der Waals surface area (Å²) in [5.74, 6) is -7.00. The van der Waals surface area contributed by atoms with Crippen LogP contribution >= 0.6 is 34.8 Å². The van der Waals surface area contributed by atoms with Crippen molar-refractivity contribution in [2.75, 3.05) is 11.1 Å². The number of ether oxygens (including phenoxy) is 1. The fourth-order valence-corrected chi connectivity index (χ4v) is 2.38. The molecule has 12 heteroatoms. The van der Waals surface area contributed by atoms with Crippen molar-refractivity contribution >= 4 is 58.1 Å². The number of benzene rings is 1. The Morgan fingerprint density at radius 3 is 2.41 bits per heavy atom. The number of anilines is 2. The van der Waals surface area contributed by atoms with Gasteiger partial charge in [0.05, 0.1) is 16.4 Å². The van der Waals surface area contributed by atoms with Gasteiger partial charge in [-0.25, -0.2) is 22.9 Å². The van der Waals surface area contributed by atoms with E-state index in [9.17, 15) is 22.8 Å². The van der Waals surface area contributed by atoms with Crippen LogP contribution in [0.1, 0.15) is 17.4 Å². The number of amides is 1. The molecule has 2 rings (SSSR count). The molecule has 0 aliphatic carbocycles. The summed E-state index contributed by atoms with van der Waals surface area (Å²) in [5.41, 5.74) is 4.22. The summed E-state index contributed by atoms with van der Waals surface area (Å²) >= 11 is 17.3. The molecule has 0 fully saturated rings. The molecular weight excluding hydrogens is 434 g/mol. The van der Waals surface area contributed by atoms with E-state index in [4.69, 9.17) is 45.3 Å². The Bertz CT molecular complexity index is 944. The molecule has 0 radical (unpaired) electrons. The van der Waals surface area contributed by atoms with Crippen LogP contribution in [0, 0.1) is 17.5 Å². The van der Waals surface area contributed by atoms with Crippen molar-refractivity contribution in [2.45, 2.75) is 13.0 Å². The van der Waals surface area contributed by atoms with Crippen LogP contribution in [-0.2, 0) is 9.53 Å². The standard InChI is InChI=1S/C15H9Cl3F3N3O3/c1-4(14(25)23-6-3-2-5(19)9(20)10(6)21)27-15(26)12-7(16)11(22)8(17)13(18)24-12/h2-4H,1H3,(H2,22,24)(H,23,25). The smallest absolute Gasteiger partial charge is 0.359 e. The van der Waals surface area contributed by atoms with E-state index in [1.54, 1.807) is 0 Å². The molecule has 6 nitrogen and oxygen atoms in total. The lowest BCUT2D eigenvalue weighted by Crippen LogP contribution is -2.30. The molecule has 0 bridgehead atoms. The highest BCUT2D eigenvalue weighted by atomic mass is 35.5. The minimum Gasteiger partial charge on any atom is -0.448 e. The molecule has 0 saturated carbocycles. The number of aromatic nitrogens is 1. The first kappa shape index (κ1) is 21.1. The highest BCUT2D eigenvalue weighted by Gasteiger charge is 2.26. The summed E-state index contributed by atoms with van der Waals surface area (Å²) in [4.78, 5) is 27.8. The van der Waals surface area contributed by atoms with Gasteiger partial charge in [-0.3, -0.25) is 4.79 Å². The zero-order valence-corrected chi connectivity index (χ0v) is 15.5. The molecule has 1 amide bonds. The largest absolute Gasteiger partial charge is 0.448 e. The lowest BCUT2D eigenvalue weighted by molar-refractivity contribution is -0.123. The molecule has 1 atom stereocenters. The molecule has 0 aliphatic rings. The quantitative estimate of drug-likeness (QED) is 0.420. The average Bonchev–Trinajstić information content (AvgIpc) is 2.63. The second kappa shape index (κ2) is 8.20. The lowest BCUT2D eigenvalue weighted by atomic mass is 10.2. The van der Waals surface area contributed by atoms with Gasteiger partial charge in [0.2, 0.25) is 0 Å². The van der Waals surface area contributed by atoms with Gasteiger partial charge in [0.15, 0.2) is 34.4 Å². The summed E-state index contributed by atoms with van der Waals surface area (Å²) in [7, 11) is 0. The minimum absolute atomic E-state index is 0.169. The van der Waals surface area contributed by atoms with Crippen LogP contribution in [0.25, 0.3) is 0 Å². The lowest BCUT2D eigenvalue weighted by Gasteiger charge is -2.15. The number of pyridine rings is 1. The predicted octanol–water partition coefficient (Wildman–Crippen LogP) is 4.23. The van der Waals surface area contributed by atoms with Crippen molar-refractivity contribution in [2.24, 2.45) is 0 Å². The number of hydrogen-bond acceptors (Lipinski definition) is 5. The zero-order valence-electron chi connectivity index (χ0n) is 13.2. The Balaban J connectivity index is 2.15.